The maximum absolute atomic E-state index is 13.2. The number of thiophene rings is 1. The number of hydrogen-bond donors (Lipinski definition) is 0. The zero-order chi connectivity index (χ0) is 22.3. The van der Waals surface area contributed by atoms with E-state index in [1.165, 1.54) is 22.4 Å². The van der Waals surface area contributed by atoms with Crippen LogP contribution in [-0.4, -0.2) is 26.7 Å². The van der Waals surface area contributed by atoms with Gasteiger partial charge in [-0.25, -0.2) is 0 Å². The highest BCUT2D eigenvalue weighted by molar-refractivity contribution is 7.19. The highest BCUT2D eigenvalue weighted by Gasteiger charge is 2.72. The van der Waals surface area contributed by atoms with Crippen molar-refractivity contribution < 1.29 is 22.8 Å². The summed E-state index contributed by atoms with van der Waals surface area (Å²) in [5.74, 6) is -0.795. The van der Waals surface area contributed by atoms with Crippen molar-refractivity contribution >= 4 is 33.4 Å². The number of fused-ring (bicyclic) bond motifs is 2. The van der Waals surface area contributed by atoms with Crippen molar-refractivity contribution in [2.24, 2.45) is 17.3 Å². The van der Waals surface area contributed by atoms with Crippen LogP contribution in [0.1, 0.15) is 30.0 Å². The minimum atomic E-state index is -4.49. The van der Waals surface area contributed by atoms with Gasteiger partial charge in [-0.3, -0.25) is 24.5 Å². The summed E-state index contributed by atoms with van der Waals surface area (Å²) in [5, 5.41) is 0. The molecule has 2 fully saturated rings. The van der Waals surface area contributed by atoms with Crippen molar-refractivity contribution in [2.45, 2.75) is 33.5 Å². The second-order valence-electron chi connectivity index (χ2n) is 8.68. The van der Waals surface area contributed by atoms with Crippen molar-refractivity contribution in [1.82, 2.24) is 14.9 Å². The van der Waals surface area contributed by atoms with Crippen molar-refractivity contribution in [3.63, 3.8) is 0 Å². The molecule has 1 saturated carbocycles. The van der Waals surface area contributed by atoms with Crippen molar-refractivity contribution in [3.8, 4) is 11.1 Å². The molecule has 1 saturated heterocycles. The Hall–Kier alpha value is -2.81. The van der Waals surface area contributed by atoms with Gasteiger partial charge < -0.3 is 0 Å². The van der Waals surface area contributed by atoms with Crippen LogP contribution < -0.4 is 0 Å². The monoisotopic (exact) mass is 445 g/mol. The van der Waals surface area contributed by atoms with Gasteiger partial charge in [-0.05, 0) is 30.5 Å². The van der Waals surface area contributed by atoms with E-state index in [1.54, 1.807) is 19.1 Å². The van der Waals surface area contributed by atoms with Crippen LogP contribution in [0.5, 0.6) is 0 Å². The number of carbonyl (C=O) groups excluding carboxylic acids is 2. The fourth-order valence-corrected chi connectivity index (χ4v) is 5.68. The van der Waals surface area contributed by atoms with E-state index in [9.17, 15) is 22.8 Å². The molecule has 4 heterocycles. The molecule has 5 nitrogen and oxygen atoms in total. The van der Waals surface area contributed by atoms with Gasteiger partial charge in [0.15, 0.2) is 0 Å². The highest BCUT2D eigenvalue weighted by Crippen LogP contribution is 2.63. The lowest BCUT2D eigenvalue weighted by Gasteiger charge is -2.19. The summed E-state index contributed by atoms with van der Waals surface area (Å²) in [6, 6.07) is 4.55. The Morgan fingerprint density at radius 3 is 2.42 bits per heavy atom. The van der Waals surface area contributed by atoms with Gasteiger partial charge >= 0.3 is 6.18 Å². The predicted octanol–water partition coefficient (Wildman–Crippen LogP) is 4.83. The van der Waals surface area contributed by atoms with Crippen molar-refractivity contribution in [3.05, 3.63) is 46.7 Å². The summed E-state index contributed by atoms with van der Waals surface area (Å²) in [6.07, 6.45) is -2.13. The summed E-state index contributed by atoms with van der Waals surface area (Å²) in [7, 11) is 0. The number of aryl methyl sites for hydroxylation is 1. The summed E-state index contributed by atoms with van der Waals surface area (Å²) in [6.45, 7) is 5.67. The normalized spacial score (nSPS) is 22.3. The number of nitrogens with zero attached hydrogens (tertiary/aromatic N) is 3. The van der Waals surface area contributed by atoms with E-state index in [2.05, 4.69) is 9.97 Å². The molecule has 3 aromatic rings. The maximum Gasteiger partial charge on any atom is 0.417 e. The van der Waals surface area contributed by atoms with E-state index in [0.717, 1.165) is 17.1 Å². The Morgan fingerprint density at radius 2 is 1.77 bits per heavy atom. The topological polar surface area (TPSA) is 63.2 Å². The number of halogens is 3. The largest absolute Gasteiger partial charge is 0.417 e. The van der Waals surface area contributed by atoms with Gasteiger partial charge in [-0.15, -0.1) is 11.3 Å². The van der Waals surface area contributed by atoms with Gasteiger partial charge in [-0.1, -0.05) is 13.8 Å². The molecule has 2 aliphatic rings. The first kappa shape index (κ1) is 20.1. The van der Waals surface area contributed by atoms with Crippen LogP contribution in [0.2, 0.25) is 0 Å². The minimum absolute atomic E-state index is 0.149. The summed E-state index contributed by atoms with van der Waals surface area (Å²) in [5.41, 5.74) is 0.979. The van der Waals surface area contributed by atoms with Gasteiger partial charge in [0, 0.05) is 34.1 Å². The molecule has 3 aromatic heterocycles. The van der Waals surface area contributed by atoms with Crippen LogP contribution in [0.15, 0.2) is 30.6 Å². The Labute approximate surface area is 179 Å². The van der Waals surface area contributed by atoms with Crippen LogP contribution >= 0.6 is 11.3 Å². The zero-order valence-electron chi connectivity index (χ0n) is 16.9. The molecule has 31 heavy (non-hydrogen) atoms. The summed E-state index contributed by atoms with van der Waals surface area (Å²) >= 11 is 1.33. The van der Waals surface area contributed by atoms with Gasteiger partial charge in [-0.2, -0.15) is 13.2 Å². The van der Waals surface area contributed by atoms with Crippen LogP contribution in [0.3, 0.4) is 0 Å². The van der Waals surface area contributed by atoms with E-state index in [1.807, 2.05) is 13.8 Å². The molecular weight excluding hydrogens is 427 g/mol. The van der Waals surface area contributed by atoms with E-state index in [0.29, 0.717) is 27.0 Å². The third kappa shape index (κ3) is 2.97. The molecule has 9 heteroatoms. The maximum atomic E-state index is 13.2. The number of aromatic nitrogens is 2. The molecule has 5 rings (SSSR count). The average molecular weight is 445 g/mol. The molecule has 1 aliphatic carbocycles. The van der Waals surface area contributed by atoms with Gasteiger partial charge in [0.1, 0.15) is 0 Å². The molecule has 0 spiro atoms. The lowest BCUT2D eigenvalue weighted by Crippen LogP contribution is -2.35. The number of rotatable bonds is 3. The zero-order valence-corrected chi connectivity index (χ0v) is 17.8. The number of amides is 2. The lowest BCUT2D eigenvalue weighted by molar-refractivity contribution is -0.143. The smallest absolute Gasteiger partial charge is 0.277 e. The van der Waals surface area contributed by atoms with E-state index in [4.69, 9.17) is 0 Å². The lowest BCUT2D eigenvalue weighted by atomic mass is 10.0. The summed E-state index contributed by atoms with van der Waals surface area (Å²) < 4.78 is 40.3. The first-order valence-electron chi connectivity index (χ1n) is 9.77. The Morgan fingerprint density at radius 1 is 1.10 bits per heavy atom. The van der Waals surface area contributed by atoms with Crippen molar-refractivity contribution in [2.75, 3.05) is 0 Å². The average Bonchev–Trinajstić information content (AvgIpc) is 2.96. The van der Waals surface area contributed by atoms with Gasteiger partial charge in [0.25, 0.3) is 0 Å². The van der Waals surface area contributed by atoms with Crippen molar-refractivity contribution in [1.29, 1.82) is 0 Å². The molecule has 0 N–H and O–H groups in total. The standard InChI is InChI=1S/C22H18F3N3O2S/c1-10-14(6-11(8-27-10)22(23,24)25)13-4-5-26-15-7-12(31-18(13)15)9-28-19(29)16-17(20(28)30)21(16,2)3/h4-8,16-17H,9H2,1-3H3. The molecule has 2 amide bonds. The Kier molecular flexibility index (Phi) is 4.12. The molecule has 1 aliphatic heterocycles. The second kappa shape index (κ2) is 6.35. The number of imide groups is 1. The second-order valence-corrected chi connectivity index (χ2v) is 9.82. The summed E-state index contributed by atoms with van der Waals surface area (Å²) in [4.78, 5) is 35.6. The molecule has 2 unspecified atom stereocenters. The molecule has 0 aromatic carbocycles. The molecule has 0 radical (unpaired) electrons. The van der Waals surface area contributed by atoms with E-state index >= 15 is 0 Å². The van der Waals surface area contributed by atoms with E-state index < -0.39 is 11.7 Å². The third-order valence-corrected chi connectivity index (χ3v) is 7.52. The quantitative estimate of drug-likeness (QED) is 0.542. The Bertz CT molecular complexity index is 1240. The molecule has 0 bridgehead atoms. The SMILES string of the molecule is Cc1ncc(C(F)(F)F)cc1-c1ccnc2cc(CN3C(=O)C4C(C3=O)C4(C)C)sc12. The first-order valence-corrected chi connectivity index (χ1v) is 10.6. The van der Waals surface area contributed by atoms with Gasteiger partial charge in [0.05, 0.1) is 34.2 Å². The highest BCUT2D eigenvalue weighted by atomic mass is 32.1. The number of likely N-dealkylation sites (tertiary alicyclic amines) is 1. The molecule has 2 atom stereocenters. The van der Waals surface area contributed by atoms with Crippen LogP contribution in [0, 0.1) is 24.2 Å². The fraction of sp³-hybridized carbons (Fsp3) is 0.364. The fourth-order valence-electron chi connectivity index (χ4n) is 4.55. The molecule has 160 valence electrons. The number of piperidine rings is 1. The first-order chi connectivity index (χ1) is 14.5. The number of hydrogen-bond acceptors (Lipinski definition) is 5. The number of carbonyl (C=O) groups is 2. The molecular formula is C22H18F3N3O2S. The van der Waals surface area contributed by atoms with Crippen LogP contribution in [0.4, 0.5) is 13.2 Å². The van der Waals surface area contributed by atoms with Crippen LogP contribution in [-0.2, 0) is 22.3 Å². The Balaban J connectivity index is 1.51. The predicted molar refractivity (Wildman–Crippen MR) is 109 cm³/mol. The number of alkyl halides is 3. The van der Waals surface area contributed by atoms with Gasteiger partial charge in [0.2, 0.25) is 11.8 Å². The number of pyridine rings is 2. The van der Waals surface area contributed by atoms with Crippen LogP contribution in [0.25, 0.3) is 21.3 Å². The third-order valence-electron chi connectivity index (χ3n) is 6.37. The minimum Gasteiger partial charge on any atom is -0.277 e. The van der Waals surface area contributed by atoms with E-state index in [-0.39, 0.29) is 35.6 Å².